The summed E-state index contributed by atoms with van der Waals surface area (Å²) >= 11 is 0. The third kappa shape index (κ3) is 6.22. The molecule has 2 heteroatoms. The lowest BCUT2D eigenvalue weighted by molar-refractivity contribution is -0.0147. The number of aryl methyl sites for hydroxylation is 1. The normalized spacial score (nSPS) is 13.5. The van der Waals surface area contributed by atoms with Gasteiger partial charge in [0.05, 0.1) is 18.2 Å². The van der Waals surface area contributed by atoms with Crippen molar-refractivity contribution in [2.75, 3.05) is 13.2 Å². The molecular formula is C17H29NO. The fourth-order valence-corrected chi connectivity index (χ4v) is 1.95. The van der Waals surface area contributed by atoms with Gasteiger partial charge in [-0.25, -0.2) is 0 Å². The van der Waals surface area contributed by atoms with Crippen LogP contribution in [0.4, 0.5) is 0 Å². The van der Waals surface area contributed by atoms with Crippen molar-refractivity contribution in [2.24, 2.45) is 0 Å². The molecule has 0 radical (unpaired) electrons. The van der Waals surface area contributed by atoms with Gasteiger partial charge in [-0.15, -0.1) is 0 Å². The number of ether oxygens (including phenoxy) is 1. The fourth-order valence-electron chi connectivity index (χ4n) is 1.95. The van der Waals surface area contributed by atoms with Gasteiger partial charge < -0.3 is 10.1 Å². The quantitative estimate of drug-likeness (QED) is 0.799. The van der Waals surface area contributed by atoms with Crippen LogP contribution in [-0.2, 0) is 11.2 Å². The minimum Gasteiger partial charge on any atom is -0.374 e. The molecule has 0 aliphatic heterocycles. The summed E-state index contributed by atoms with van der Waals surface area (Å²) in [5.74, 6) is 0. The van der Waals surface area contributed by atoms with E-state index in [-0.39, 0.29) is 11.6 Å². The van der Waals surface area contributed by atoms with Crippen LogP contribution >= 0.6 is 0 Å². The standard InChI is InChI=1S/C17H29NO/c1-6-11-18-16(13-19-17(3,4)5)15-10-8-9-14(7-2)12-15/h8-10,12,16,18H,6-7,11,13H2,1-5H3. The van der Waals surface area contributed by atoms with E-state index in [1.165, 1.54) is 11.1 Å². The first-order valence-corrected chi connectivity index (χ1v) is 7.42. The Morgan fingerprint density at radius 2 is 1.95 bits per heavy atom. The Labute approximate surface area is 118 Å². The maximum absolute atomic E-state index is 5.95. The summed E-state index contributed by atoms with van der Waals surface area (Å²) in [7, 11) is 0. The van der Waals surface area contributed by atoms with Crippen LogP contribution in [0.5, 0.6) is 0 Å². The molecule has 1 rings (SSSR count). The summed E-state index contributed by atoms with van der Waals surface area (Å²) in [5.41, 5.74) is 2.63. The summed E-state index contributed by atoms with van der Waals surface area (Å²) in [6.45, 7) is 12.4. The zero-order valence-electron chi connectivity index (χ0n) is 13.1. The highest BCUT2D eigenvalue weighted by atomic mass is 16.5. The second-order valence-corrected chi connectivity index (χ2v) is 6.03. The molecule has 1 aromatic carbocycles. The van der Waals surface area contributed by atoms with E-state index >= 15 is 0 Å². The summed E-state index contributed by atoms with van der Waals surface area (Å²) in [6.07, 6.45) is 2.22. The molecule has 2 nitrogen and oxygen atoms in total. The SMILES string of the molecule is CCCNC(COC(C)(C)C)c1cccc(CC)c1. The van der Waals surface area contributed by atoms with Gasteiger partial charge >= 0.3 is 0 Å². The first-order chi connectivity index (χ1) is 8.96. The van der Waals surface area contributed by atoms with Crippen molar-refractivity contribution in [1.82, 2.24) is 5.32 Å². The van der Waals surface area contributed by atoms with E-state index in [0.717, 1.165) is 26.0 Å². The van der Waals surface area contributed by atoms with E-state index < -0.39 is 0 Å². The van der Waals surface area contributed by atoms with Crippen LogP contribution in [0.2, 0.25) is 0 Å². The minimum atomic E-state index is -0.0888. The molecule has 0 bridgehead atoms. The van der Waals surface area contributed by atoms with Crippen LogP contribution in [0.25, 0.3) is 0 Å². The summed E-state index contributed by atoms with van der Waals surface area (Å²) < 4.78 is 5.95. The lowest BCUT2D eigenvalue weighted by Gasteiger charge is -2.26. The molecule has 19 heavy (non-hydrogen) atoms. The Morgan fingerprint density at radius 3 is 2.53 bits per heavy atom. The first-order valence-electron chi connectivity index (χ1n) is 7.42. The third-order valence-corrected chi connectivity index (χ3v) is 3.09. The molecule has 0 aliphatic rings. The monoisotopic (exact) mass is 263 g/mol. The second kappa shape index (κ2) is 7.66. The Morgan fingerprint density at radius 1 is 1.21 bits per heavy atom. The molecule has 108 valence electrons. The average molecular weight is 263 g/mol. The predicted molar refractivity (Wildman–Crippen MR) is 82.6 cm³/mol. The van der Waals surface area contributed by atoms with Crippen LogP contribution < -0.4 is 5.32 Å². The van der Waals surface area contributed by atoms with Crippen molar-refractivity contribution in [2.45, 2.75) is 59.1 Å². The molecule has 0 aliphatic carbocycles. The molecule has 0 fully saturated rings. The maximum atomic E-state index is 5.95. The number of nitrogens with one attached hydrogen (secondary N) is 1. The largest absolute Gasteiger partial charge is 0.374 e. The minimum absolute atomic E-state index is 0.0888. The van der Waals surface area contributed by atoms with Crippen LogP contribution in [0.1, 0.15) is 58.2 Å². The van der Waals surface area contributed by atoms with Crippen LogP contribution in [0.15, 0.2) is 24.3 Å². The van der Waals surface area contributed by atoms with Gasteiger partial charge in [-0.2, -0.15) is 0 Å². The van der Waals surface area contributed by atoms with Gasteiger partial charge in [-0.05, 0) is 51.3 Å². The van der Waals surface area contributed by atoms with E-state index in [1.54, 1.807) is 0 Å². The second-order valence-electron chi connectivity index (χ2n) is 6.03. The van der Waals surface area contributed by atoms with E-state index in [9.17, 15) is 0 Å². The van der Waals surface area contributed by atoms with E-state index in [1.807, 2.05) is 0 Å². The highest BCUT2D eigenvalue weighted by molar-refractivity contribution is 5.26. The lowest BCUT2D eigenvalue weighted by atomic mass is 10.0. The summed E-state index contributed by atoms with van der Waals surface area (Å²) in [4.78, 5) is 0. The molecule has 0 saturated heterocycles. The highest BCUT2D eigenvalue weighted by Crippen LogP contribution is 2.18. The van der Waals surface area contributed by atoms with Gasteiger partial charge in [-0.1, -0.05) is 38.1 Å². The van der Waals surface area contributed by atoms with Gasteiger partial charge in [0, 0.05) is 0 Å². The van der Waals surface area contributed by atoms with E-state index in [2.05, 4.69) is 64.2 Å². The molecule has 0 saturated carbocycles. The molecule has 0 amide bonds. The van der Waals surface area contributed by atoms with E-state index in [0.29, 0.717) is 0 Å². The number of hydrogen-bond donors (Lipinski definition) is 1. The summed E-state index contributed by atoms with van der Waals surface area (Å²) in [6, 6.07) is 9.10. The Kier molecular flexibility index (Phi) is 6.53. The Hall–Kier alpha value is -0.860. The molecule has 1 atom stereocenters. The lowest BCUT2D eigenvalue weighted by Crippen LogP contribution is -2.30. The van der Waals surface area contributed by atoms with Crippen LogP contribution in [0.3, 0.4) is 0 Å². The molecule has 1 unspecified atom stereocenters. The van der Waals surface area contributed by atoms with Crippen molar-refractivity contribution in [3.8, 4) is 0 Å². The van der Waals surface area contributed by atoms with Crippen molar-refractivity contribution in [3.63, 3.8) is 0 Å². The van der Waals surface area contributed by atoms with Crippen LogP contribution in [-0.4, -0.2) is 18.8 Å². The third-order valence-electron chi connectivity index (χ3n) is 3.09. The van der Waals surface area contributed by atoms with Gasteiger partial charge in [0.25, 0.3) is 0 Å². The summed E-state index contributed by atoms with van der Waals surface area (Å²) in [5, 5.41) is 3.58. The topological polar surface area (TPSA) is 21.3 Å². The smallest absolute Gasteiger partial charge is 0.0668 e. The van der Waals surface area contributed by atoms with Crippen LogP contribution in [0, 0.1) is 0 Å². The molecule has 1 N–H and O–H groups in total. The Balaban J connectivity index is 2.76. The predicted octanol–water partition coefficient (Wildman–Crippen LogP) is 4.10. The first kappa shape index (κ1) is 16.2. The molecular weight excluding hydrogens is 234 g/mol. The molecule has 0 aromatic heterocycles. The van der Waals surface area contributed by atoms with Crippen molar-refractivity contribution in [1.29, 1.82) is 0 Å². The van der Waals surface area contributed by atoms with Gasteiger partial charge in [0.15, 0.2) is 0 Å². The number of rotatable bonds is 7. The van der Waals surface area contributed by atoms with Crippen molar-refractivity contribution < 1.29 is 4.74 Å². The number of benzene rings is 1. The van der Waals surface area contributed by atoms with Gasteiger partial charge in [-0.3, -0.25) is 0 Å². The van der Waals surface area contributed by atoms with E-state index in [4.69, 9.17) is 4.74 Å². The number of hydrogen-bond acceptors (Lipinski definition) is 2. The maximum Gasteiger partial charge on any atom is 0.0668 e. The molecule has 1 aromatic rings. The molecule has 0 spiro atoms. The zero-order chi connectivity index (χ0) is 14.3. The van der Waals surface area contributed by atoms with Crippen molar-refractivity contribution >= 4 is 0 Å². The van der Waals surface area contributed by atoms with Gasteiger partial charge in [0.1, 0.15) is 0 Å². The highest BCUT2D eigenvalue weighted by Gasteiger charge is 2.16. The fraction of sp³-hybridized carbons (Fsp3) is 0.647. The zero-order valence-corrected chi connectivity index (χ0v) is 13.1. The Bertz CT molecular complexity index is 368. The molecule has 0 heterocycles. The average Bonchev–Trinajstić information content (AvgIpc) is 2.38. The van der Waals surface area contributed by atoms with Crippen molar-refractivity contribution in [3.05, 3.63) is 35.4 Å². The van der Waals surface area contributed by atoms with Gasteiger partial charge in [0.2, 0.25) is 0 Å².